The van der Waals surface area contributed by atoms with Crippen molar-refractivity contribution in [1.29, 1.82) is 0 Å². The molecule has 136 valence electrons. The molecule has 0 saturated heterocycles. The summed E-state index contributed by atoms with van der Waals surface area (Å²) in [4.78, 5) is 17.2. The lowest BCUT2D eigenvalue weighted by molar-refractivity contribution is 0.602. The van der Waals surface area contributed by atoms with E-state index in [2.05, 4.69) is 10.1 Å². The summed E-state index contributed by atoms with van der Waals surface area (Å²) in [5.74, 6) is -0.352. The van der Waals surface area contributed by atoms with Crippen molar-refractivity contribution >= 4 is 15.5 Å². The van der Waals surface area contributed by atoms with Gasteiger partial charge in [0.15, 0.2) is 15.5 Å². The van der Waals surface area contributed by atoms with Crippen molar-refractivity contribution in [3.8, 4) is 22.4 Å². The average Bonchev–Trinajstić information content (AvgIpc) is 3.06. The molecule has 0 unspecified atom stereocenters. The number of hydrogen-bond acceptors (Lipinski definition) is 4. The van der Waals surface area contributed by atoms with Crippen LogP contribution in [0.1, 0.15) is 0 Å². The van der Waals surface area contributed by atoms with Crippen molar-refractivity contribution in [2.45, 2.75) is 4.90 Å². The molecule has 0 radical (unpaired) electrons. The van der Waals surface area contributed by atoms with Gasteiger partial charge in [0.05, 0.1) is 10.6 Å². The van der Waals surface area contributed by atoms with Gasteiger partial charge < -0.3 is 0 Å². The first-order valence-corrected chi connectivity index (χ1v) is 9.90. The molecule has 0 bridgehead atoms. The Morgan fingerprint density at radius 3 is 2.26 bits per heavy atom. The number of fused-ring (bicyclic) bond motifs is 1. The van der Waals surface area contributed by atoms with E-state index in [1.807, 2.05) is 0 Å². The lowest BCUT2D eigenvalue weighted by Crippen LogP contribution is -2.14. The summed E-state index contributed by atoms with van der Waals surface area (Å²) in [5.41, 5.74) is 2.50. The van der Waals surface area contributed by atoms with Gasteiger partial charge in [0.1, 0.15) is 5.82 Å². The monoisotopic (exact) mass is 383 g/mol. The van der Waals surface area contributed by atoms with Crippen molar-refractivity contribution in [3.05, 3.63) is 77.0 Å². The average molecular weight is 383 g/mol. The maximum Gasteiger partial charge on any atom is 0.273 e. The molecule has 0 fully saturated rings. The largest absolute Gasteiger partial charge is 0.296 e. The molecule has 0 aliphatic heterocycles. The molecular weight excluding hydrogens is 369 g/mol. The van der Waals surface area contributed by atoms with Crippen LogP contribution in [0.25, 0.3) is 28.0 Å². The Morgan fingerprint density at radius 1 is 1.00 bits per heavy atom. The smallest absolute Gasteiger partial charge is 0.273 e. The highest BCUT2D eigenvalue weighted by Crippen LogP contribution is 2.25. The molecule has 0 atom stereocenters. The lowest BCUT2D eigenvalue weighted by Gasteiger charge is -2.04. The number of rotatable bonds is 3. The third-order valence-electron chi connectivity index (χ3n) is 4.23. The van der Waals surface area contributed by atoms with Crippen LogP contribution >= 0.6 is 0 Å². The van der Waals surface area contributed by atoms with Gasteiger partial charge in [-0.05, 0) is 29.8 Å². The molecule has 4 rings (SSSR count). The third-order valence-corrected chi connectivity index (χ3v) is 5.36. The number of aromatic nitrogens is 3. The molecule has 1 N–H and O–H groups in total. The van der Waals surface area contributed by atoms with Crippen LogP contribution in [0.2, 0.25) is 0 Å². The highest BCUT2D eigenvalue weighted by Gasteiger charge is 2.13. The van der Waals surface area contributed by atoms with E-state index < -0.39 is 9.84 Å². The normalized spacial score (nSPS) is 11.8. The lowest BCUT2D eigenvalue weighted by atomic mass is 10.1. The van der Waals surface area contributed by atoms with Crippen LogP contribution in [-0.4, -0.2) is 29.3 Å². The summed E-state index contributed by atoms with van der Waals surface area (Å²) in [7, 11) is -3.30. The number of aromatic amines is 1. The minimum atomic E-state index is -3.30. The van der Waals surface area contributed by atoms with E-state index in [0.717, 1.165) is 6.26 Å². The SMILES string of the molecule is CS(=O)(=O)c1ccc(-c2cc(=O)n3[nH]cc(-c4ccc(F)cc4)c3n2)cc1. The molecule has 8 heteroatoms. The number of nitrogens with zero attached hydrogens (tertiary/aromatic N) is 2. The number of H-pyrrole nitrogens is 1. The van der Waals surface area contributed by atoms with Gasteiger partial charge in [-0.25, -0.2) is 22.3 Å². The van der Waals surface area contributed by atoms with Crippen molar-refractivity contribution in [3.63, 3.8) is 0 Å². The van der Waals surface area contributed by atoms with E-state index >= 15 is 0 Å². The first kappa shape index (κ1) is 17.2. The summed E-state index contributed by atoms with van der Waals surface area (Å²) in [5, 5.41) is 2.85. The summed E-state index contributed by atoms with van der Waals surface area (Å²) >= 11 is 0. The second-order valence-corrected chi connectivity index (χ2v) is 8.14. The number of sulfone groups is 1. The highest BCUT2D eigenvalue weighted by molar-refractivity contribution is 7.90. The van der Waals surface area contributed by atoms with E-state index in [1.165, 1.54) is 34.8 Å². The van der Waals surface area contributed by atoms with Gasteiger partial charge in [-0.15, -0.1) is 0 Å². The predicted molar refractivity (Wildman–Crippen MR) is 99.8 cm³/mol. The molecule has 2 heterocycles. The van der Waals surface area contributed by atoms with Gasteiger partial charge in [-0.3, -0.25) is 9.89 Å². The van der Waals surface area contributed by atoms with E-state index in [1.54, 1.807) is 30.5 Å². The van der Waals surface area contributed by atoms with Crippen molar-refractivity contribution < 1.29 is 12.8 Å². The van der Waals surface area contributed by atoms with Crippen molar-refractivity contribution in [2.24, 2.45) is 0 Å². The molecule has 0 saturated carbocycles. The summed E-state index contributed by atoms with van der Waals surface area (Å²) < 4.78 is 37.7. The third kappa shape index (κ3) is 3.15. The molecule has 0 spiro atoms. The van der Waals surface area contributed by atoms with Crippen LogP contribution in [-0.2, 0) is 9.84 Å². The Kier molecular flexibility index (Phi) is 3.92. The first-order chi connectivity index (χ1) is 12.8. The maximum atomic E-state index is 13.2. The number of hydrogen-bond donors (Lipinski definition) is 1. The fourth-order valence-corrected chi connectivity index (χ4v) is 3.47. The second kappa shape index (κ2) is 6.17. The Morgan fingerprint density at radius 2 is 1.63 bits per heavy atom. The Bertz CT molecular complexity index is 1310. The highest BCUT2D eigenvalue weighted by atomic mass is 32.2. The van der Waals surface area contributed by atoms with Crippen molar-refractivity contribution in [1.82, 2.24) is 14.6 Å². The van der Waals surface area contributed by atoms with Crippen LogP contribution in [0.4, 0.5) is 4.39 Å². The quantitative estimate of drug-likeness (QED) is 0.590. The fraction of sp³-hybridized carbons (Fsp3) is 0.0526. The van der Waals surface area contributed by atoms with Crippen LogP contribution < -0.4 is 5.56 Å². The predicted octanol–water partition coefficient (Wildman–Crippen LogP) is 2.90. The zero-order chi connectivity index (χ0) is 19.2. The molecule has 4 aromatic rings. The Labute approximate surface area is 153 Å². The van der Waals surface area contributed by atoms with E-state index in [-0.39, 0.29) is 16.3 Å². The van der Waals surface area contributed by atoms with Crippen LogP contribution in [0.5, 0.6) is 0 Å². The van der Waals surface area contributed by atoms with Crippen molar-refractivity contribution in [2.75, 3.05) is 6.26 Å². The number of nitrogens with one attached hydrogen (secondary N) is 1. The maximum absolute atomic E-state index is 13.2. The van der Waals surface area contributed by atoms with Gasteiger partial charge >= 0.3 is 0 Å². The summed E-state index contributed by atoms with van der Waals surface area (Å²) in [6.07, 6.45) is 2.76. The fourth-order valence-electron chi connectivity index (χ4n) is 2.84. The van der Waals surface area contributed by atoms with Crippen LogP contribution in [0.3, 0.4) is 0 Å². The van der Waals surface area contributed by atoms with Crippen LogP contribution in [0.15, 0.2) is 70.5 Å². The van der Waals surface area contributed by atoms with Gasteiger partial charge in [0.2, 0.25) is 0 Å². The summed E-state index contributed by atoms with van der Waals surface area (Å²) in [6.45, 7) is 0. The molecule has 0 amide bonds. The van der Waals surface area contributed by atoms with E-state index in [0.29, 0.717) is 28.0 Å². The standard InChI is InChI=1S/C19H14FN3O3S/c1-27(25,26)15-8-4-13(5-9-15)17-10-18(24)23-19(22-17)16(11-21-23)12-2-6-14(20)7-3-12/h2-11,21H,1H3. The minimum absolute atomic E-state index is 0.192. The van der Waals surface area contributed by atoms with E-state index in [9.17, 15) is 17.6 Å². The molecular formula is C19H14FN3O3S. The molecule has 2 aromatic heterocycles. The zero-order valence-corrected chi connectivity index (χ0v) is 15.0. The van der Waals surface area contributed by atoms with E-state index in [4.69, 9.17) is 0 Å². The molecule has 6 nitrogen and oxygen atoms in total. The second-order valence-electron chi connectivity index (χ2n) is 6.13. The molecule has 0 aliphatic rings. The number of benzene rings is 2. The van der Waals surface area contributed by atoms with Gasteiger partial charge in [-0.2, -0.15) is 0 Å². The number of halogens is 1. The van der Waals surface area contributed by atoms with Gasteiger partial charge in [0, 0.05) is 29.6 Å². The summed E-state index contributed by atoms with van der Waals surface area (Å²) in [6, 6.07) is 13.4. The molecule has 27 heavy (non-hydrogen) atoms. The Balaban J connectivity index is 1.87. The topological polar surface area (TPSA) is 84.3 Å². The Hall–Kier alpha value is -3.26. The first-order valence-electron chi connectivity index (χ1n) is 8.00. The van der Waals surface area contributed by atoms with Gasteiger partial charge in [-0.1, -0.05) is 24.3 Å². The molecule has 2 aromatic carbocycles. The van der Waals surface area contributed by atoms with Crippen LogP contribution in [0, 0.1) is 5.82 Å². The van der Waals surface area contributed by atoms with Gasteiger partial charge in [0.25, 0.3) is 5.56 Å². The molecule has 0 aliphatic carbocycles. The minimum Gasteiger partial charge on any atom is -0.296 e. The zero-order valence-electron chi connectivity index (χ0n) is 14.2.